The molecule has 0 saturated heterocycles. The number of hydrogen-bond acceptors (Lipinski definition) is 7. The lowest BCUT2D eigenvalue weighted by Gasteiger charge is -2.11. The number of nitrogens with one attached hydrogen (secondary N) is 1. The number of anilines is 3. The number of ketones is 1. The summed E-state index contributed by atoms with van der Waals surface area (Å²) in [5.41, 5.74) is 8.47. The molecule has 1 aromatic heterocycles. The number of carbonyl (C=O) groups is 1. The van der Waals surface area contributed by atoms with Crippen LogP contribution in [0.4, 0.5) is 17.6 Å². The van der Waals surface area contributed by atoms with E-state index in [0.29, 0.717) is 23.1 Å². The molecule has 3 rings (SSSR count). The third-order valence-corrected chi connectivity index (χ3v) is 3.95. The van der Waals surface area contributed by atoms with Gasteiger partial charge >= 0.3 is 0 Å². The number of rotatable bonds is 7. The SMILES string of the molecule is CCc1ccccc1Nc1nc(N)nc(COc2cccc(C(C)=O)c2)n1. The third kappa shape index (κ3) is 4.78. The summed E-state index contributed by atoms with van der Waals surface area (Å²) >= 11 is 0. The van der Waals surface area contributed by atoms with Crippen molar-refractivity contribution in [3.05, 3.63) is 65.5 Å². The molecule has 3 aromatic rings. The van der Waals surface area contributed by atoms with Crippen LogP contribution in [-0.4, -0.2) is 20.7 Å². The molecule has 7 nitrogen and oxygen atoms in total. The fourth-order valence-electron chi connectivity index (χ4n) is 2.58. The van der Waals surface area contributed by atoms with Gasteiger partial charge in [0.1, 0.15) is 12.4 Å². The van der Waals surface area contributed by atoms with Crippen molar-refractivity contribution in [2.45, 2.75) is 26.9 Å². The zero-order chi connectivity index (χ0) is 19.2. The van der Waals surface area contributed by atoms with Crippen LogP contribution in [0.3, 0.4) is 0 Å². The number of carbonyl (C=O) groups excluding carboxylic acids is 1. The summed E-state index contributed by atoms with van der Waals surface area (Å²) in [7, 11) is 0. The molecular weight excluding hydrogens is 342 g/mol. The van der Waals surface area contributed by atoms with Crippen LogP contribution >= 0.6 is 0 Å². The first-order valence-corrected chi connectivity index (χ1v) is 8.64. The zero-order valence-electron chi connectivity index (χ0n) is 15.3. The average molecular weight is 363 g/mol. The lowest BCUT2D eigenvalue weighted by atomic mass is 10.1. The highest BCUT2D eigenvalue weighted by molar-refractivity contribution is 5.94. The molecule has 0 spiro atoms. The molecule has 1 heterocycles. The van der Waals surface area contributed by atoms with Crippen molar-refractivity contribution in [1.82, 2.24) is 15.0 Å². The number of benzene rings is 2. The van der Waals surface area contributed by atoms with E-state index >= 15 is 0 Å². The summed E-state index contributed by atoms with van der Waals surface area (Å²) in [6, 6.07) is 14.9. The van der Waals surface area contributed by atoms with E-state index in [0.717, 1.165) is 17.7 Å². The molecule has 138 valence electrons. The average Bonchev–Trinajstić information content (AvgIpc) is 2.66. The Morgan fingerprint density at radius 1 is 1.11 bits per heavy atom. The number of nitrogens with two attached hydrogens (primary N) is 1. The molecule has 0 saturated carbocycles. The van der Waals surface area contributed by atoms with Crippen LogP contribution in [0, 0.1) is 0 Å². The van der Waals surface area contributed by atoms with Crippen molar-refractivity contribution in [2.24, 2.45) is 0 Å². The number of nitrogens with zero attached hydrogens (tertiary/aromatic N) is 3. The zero-order valence-corrected chi connectivity index (χ0v) is 15.3. The van der Waals surface area contributed by atoms with Crippen LogP contribution < -0.4 is 15.8 Å². The Morgan fingerprint density at radius 2 is 1.93 bits per heavy atom. The molecule has 0 amide bonds. The van der Waals surface area contributed by atoms with Crippen molar-refractivity contribution < 1.29 is 9.53 Å². The van der Waals surface area contributed by atoms with Crippen LogP contribution in [0.15, 0.2) is 48.5 Å². The molecule has 0 unspecified atom stereocenters. The van der Waals surface area contributed by atoms with Gasteiger partial charge in [-0.3, -0.25) is 4.79 Å². The number of Topliss-reactive ketones (excluding diaryl/α,β-unsaturated/α-hetero) is 1. The van der Waals surface area contributed by atoms with Gasteiger partial charge in [0.2, 0.25) is 11.9 Å². The molecule has 0 aliphatic carbocycles. The minimum Gasteiger partial charge on any atom is -0.486 e. The highest BCUT2D eigenvalue weighted by Crippen LogP contribution is 2.20. The second kappa shape index (κ2) is 8.27. The lowest BCUT2D eigenvalue weighted by Crippen LogP contribution is -2.10. The Bertz CT molecular complexity index is 959. The molecule has 3 N–H and O–H groups in total. The minimum absolute atomic E-state index is 0.0223. The smallest absolute Gasteiger partial charge is 0.232 e. The van der Waals surface area contributed by atoms with Gasteiger partial charge in [-0.2, -0.15) is 15.0 Å². The molecule has 7 heteroatoms. The molecule has 0 atom stereocenters. The van der Waals surface area contributed by atoms with Gasteiger partial charge in [-0.25, -0.2) is 0 Å². The van der Waals surface area contributed by atoms with Gasteiger partial charge in [-0.15, -0.1) is 0 Å². The second-order valence-electron chi connectivity index (χ2n) is 5.94. The van der Waals surface area contributed by atoms with Crippen molar-refractivity contribution >= 4 is 23.4 Å². The van der Waals surface area contributed by atoms with Gasteiger partial charge in [0.05, 0.1) is 0 Å². The first kappa shape index (κ1) is 18.3. The van der Waals surface area contributed by atoms with Gasteiger partial charge in [0.15, 0.2) is 11.6 Å². The number of aromatic nitrogens is 3. The molecule has 0 aliphatic rings. The Kier molecular flexibility index (Phi) is 5.61. The summed E-state index contributed by atoms with van der Waals surface area (Å²) in [4.78, 5) is 24.1. The molecule has 0 aliphatic heterocycles. The third-order valence-electron chi connectivity index (χ3n) is 3.95. The van der Waals surface area contributed by atoms with Crippen molar-refractivity contribution in [1.29, 1.82) is 0 Å². The Labute approximate surface area is 157 Å². The molecule has 27 heavy (non-hydrogen) atoms. The van der Waals surface area contributed by atoms with E-state index in [1.54, 1.807) is 24.3 Å². The number of para-hydroxylation sites is 1. The van der Waals surface area contributed by atoms with E-state index in [-0.39, 0.29) is 18.3 Å². The first-order chi connectivity index (χ1) is 13.0. The van der Waals surface area contributed by atoms with Crippen LogP contribution in [0.5, 0.6) is 5.75 Å². The van der Waals surface area contributed by atoms with Crippen molar-refractivity contribution in [3.63, 3.8) is 0 Å². The number of ether oxygens (including phenoxy) is 1. The van der Waals surface area contributed by atoms with E-state index in [2.05, 4.69) is 27.2 Å². The van der Waals surface area contributed by atoms with E-state index < -0.39 is 0 Å². The van der Waals surface area contributed by atoms with E-state index in [1.165, 1.54) is 6.92 Å². The van der Waals surface area contributed by atoms with Gasteiger partial charge < -0.3 is 15.8 Å². The molecule has 0 radical (unpaired) electrons. The lowest BCUT2D eigenvalue weighted by molar-refractivity contribution is 0.101. The number of aryl methyl sites for hydroxylation is 1. The number of hydrogen-bond donors (Lipinski definition) is 2. The Balaban J connectivity index is 1.75. The van der Waals surface area contributed by atoms with Crippen LogP contribution in [0.2, 0.25) is 0 Å². The largest absolute Gasteiger partial charge is 0.486 e. The summed E-state index contributed by atoms with van der Waals surface area (Å²) in [6.45, 7) is 3.70. The van der Waals surface area contributed by atoms with Gasteiger partial charge in [0, 0.05) is 11.3 Å². The summed E-state index contributed by atoms with van der Waals surface area (Å²) < 4.78 is 5.70. The summed E-state index contributed by atoms with van der Waals surface area (Å²) in [5.74, 6) is 1.41. The Morgan fingerprint density at radius 3 is 2.70 bits per heavy atom. The quantitative estimate of drug-likeness (QED) is 0.619. The minimum atomic E-state index is -0.0223. The second-order valence-corrected chi connectivity index (χ2v) is 5.94. The molecule has 0 bridgehead atoms. The highest BCUT2D eigenvalue weighted by atomic mass is 16.5. The predicted molar refractivity (Wildman–Crippen MR) is 104 cm³/mol. The number of nitrogen functional groups attached to an aromatic ring is 1. The first-order valence-electron chi connectivity index (χ1n) is 8.64. The fourth-order valence-corrected chi connectivity index (χ4v) is 2.58. The molecule has 0 fully saturated rings. The van der Waals surface area contributed by atoms with Crippen LogP contribution in [-0.2, 0) is 13.0 Å². The van der Waals surface area contributed by atoms with Crippen LogP contribution in [0.25, 0.3) is 0 Å². The molecular formula is C20H21N5O2. The van der Waals surface area contributed by atoms with Crippen molar-refractivity contribution in [3.8, 4) is 5.75 Å². The monoisotopic (exact) mass is 363 g/mol. The van der Waals surface area contributed by atoms with E-state index in [4.69, 9.17) is 10.5 Å². The maximum atomic E-state index is 11.5. The van der Waals surface area contributed by atoms with Gasteiger partial charge in [-0.1, -0.05) is 37.3 Å². The van der Waals surface area contributed by atoms with Gasteiger partial charge in [0.25, 0.3) is 0 Å². The maximum absolute atomic E-state index is 11.5. The van der Waals surface area contributed by atoms with Crippen molar-refractivity contribution in [2.75, 3.05) is 11.1 Å². The van der Waals surface area contributed by atoms with Crippen LogP contribution in [0.1, 0.15) is 35.6 Å². The van der Waals surface area contributed by atoms with Gasteiger partial charge in [-0.05, 0) is 37.1 Å². The van der Waals surface area contributed by atoms with E-state index in [1.807, 2.05) is 24.3 Å². The normalized spacial score (nSPS) is 10.4. The summed E-state index contributed by atoms with van der Waals surface area (Å²) in [5, 5.41) is 3.18. The fraction of sp³-hybridized carbons (Fsp3) is 0.200. The molecule has 2 aromatic carbocycles. The summed E-state index contributed by atoms with van der Waals surface area (Å²) in [6.07, 6.45) is 0.881. The Hall–Kier alpha value is -3.48. The topological polar surface area (TPSA) is 103 Å². The predicted octanol–water partition coefficient (Wildman–Crippen LogP) is 3.54. The maximum Gasteiger partial charge on any atom is 0.232 e. The standard InChI is InChI=1S/C20H21N5O2/c1-3-14-7-4-5-10-17(14)22-20-24-18(23-19(21)25-20)12-27-16-9-6-8-15(11-16)13(2)26/h4-11H,3,12H2,1-2H3,(H3,21,22,23,24,25). The van der Waals surface area contributed by atoms with E-state index in [9.17, 15) is 4.79 Å². The highest BCUT2D eigenvalue weighted by Gasteiger charge is 2.08.